The summed E-state index contributed by atoms with van der Waals surface area (Å²) < 4.78 is 20.0. The first-order valence-corrected chi connectivity index (χ1v) is 17.8. The Morgan fingerprint density at radius 1 is 0.490 bits per heavy atom. The van der Waals surface area contributed by atoms with Crippen molar-refractivity contribution in [3.05, 3.63) is 178 Å². The van der Waals surface area contributed by atoms with Crippen LogP contribution in [0.15, 0.2) is 146 Å². The summed E-state index contributed by atoms with van der Waals surface area (Å²) >= 11 is 12.4. The number of rotatable bonds is 14. The molecule has 0 radical (unpaired) electrons. The van der Waals surface area contributed by atoms with Crippen LogP contribution < -0.4 is 9.47 Å². The van der Waals surface area contributed by atoms with Gasteiger partial charge in [-0.15, -0.1) is 0 Å². The summed E-state index contributed by atoms with van der Waals surface area (Å²) in [5, 5.41) is 0.925. The zero-order valence-corrected chi connectivity index (χ0v) is 30.8. The number of para-hydroxylation sites is 2. The predicted octanol–water partition coefficient (Wildman–Crippen LogP) is 12.9. The molecular weight excluding hydrogens is 675 g/mol. The van der Waals surface area contributed by atoms with Crippen molar-refractivity contribution in [2.75, 3.05) is 0 Å². The summed E-state index contributed by atoms with van der Waals surface area (Å²) in [6.45, 7) is 8.85. The molecule has 0 saturated carbocycles. The molecule has 0 N–H and O–H groups in total. The van der Waals surface area contributed by atoms with E-state index in [1.54, 1.807) is 0 Å². The van der Waals surface area contributed by atoms with E-state index in [1.807, 2.05) is 122 Å². The Hall–Kier alpha value is -4.68. The van der Waals surface area contributed by atoms with Gasteiger partial charge in [0.05, 0.1) is 12.2 Å². The van der Waals surface area contributed by atoms with Crippen LogP contribution >= 0.6 is 23.2 Å². The van der Waals surface area contributed by atoms with Crippen LogP contribution in [0.4, 0.5) is 0 Å². The molecule has 2 aromatic heterocycles. The van der Waals surface area contributed by atoms with Crippen molar-refractivity contribution in [2.24, 2.45) is 0 Å². The monoisotopic (exact) mass is 716 g/mol. The molecule has 7 heteroatoms. The van der Waals surface area contributed by atoms with Gasteiger partial charge >= 0.3 is 0 Å². The van der Waals surface area contributed by atoms with Gasteiger partial charge in [0.25, 0.3) is 0 Å². The Kier molecular flexibility index (Phi) is 11.4. The van der Waals surface area contributed by atoms with Gasteiger partial charge in [0.2, 0.25) is 0 Å². The minimum absolute atomic E-state index is 0.322. The van der Waals surface area contributed by atoms with Crippen molar-refractivity contribution < 1.29 is 14.2 Å². The molecule has 260 valence electrons. The minimum Gasteiger partial charge on any atom is -0.457 e. The minimum atomic E-state index is -0.335. The predicted molar refractivity (Wildman–Crippen MR) is 206 cm³/mol. The van der Waals surface area contributed by atoms with Gasteiger partial charge in [-0.25, -0.2) is 9.97 Å². The van der Waals surface area contributed by atoms with Crippen LogP contribution in [0.5, 0.6) is 23.0 Å². The highest BCUT2D eigenvalue weighted by Crippen LogP contribution is 2.44. The molecule has 6 rings (SSSR count). The third kappa shape index (κ3) is 9.77. The zero-order chi connectivity index (χ0) is 35.8. The lowest BCUT2D eigenvalue weighted by Gasteiger charge is -2.36. The number of hydrogen-bond acceptors (Lipinski definition) is 5. The van der Waals surface area contributed by atoms with Crippen molar-refractivity contribution in [1.29, 1.82) is 0 Å². The van der Waals surface area contributed by atoms with Gasteiger partial charge in [-0.1, -0.05) is 124 Å². The number of benzene rings is 4. The topological polar surface area (TPSA) is 53.5 Å². The van der Waals surface area contributed by atoms with Gasteiger partial charge in [-0.3, -0.25) is 0 Å². The van der Waals surface area contributed by atoms with E-state index in [9.17, 15) is 0 Å². The van der Waals surface area contributed by atoms with E-state index in [4.69, 9.17) is 37.4 Å². The van der Waals surface area contributed by atoms with Crippen molar-refractivity contribution in [2.45, 2.75) is 63.6 Å². The summed E-state index contributed by atoms with van der Waals surface area (Å²) in [5.74, 6) is 3.01. The molecule has 0 saturated heterocycles. The fourth-order valence-corrected chi connectivity index (χ4v) is 6.43. The van der Waals surface area contributed by atoms with Gasteiger partial charge in [-0.2, -0.15) is 0 Å². The maximum Gasteiger partial charge on any atom is 0.129 e. The zero-order valence-electron chi connectivity index (χ0n) is 29.3. The molecule has 51 heavy (non-hydrogen) atoms. The van der Waals surface area contributed by atoms with E-state index in [2.05, 4.69) is 61.9 Å². The summed E-state index contributed by atoms with van der Waals surface area (Å²) in [5.41, 5.74) is 3.50. The quantitative estimate of drug-likeness (QED) is 0.105. The third-order valence-electron chi connectivity index (χ3n) is 9.16. The summed E-state index contributed by atoms with van der Waals surface area (Å²) in [6, 6.07) is 43.7. The van der Waals surface area contributed by atoms with Crippen LogP contribution in [0.2, 0.25) is 10.3 Å². The van der Waals surface area contributed by atoms with Gasteiger partial charge in [0, 0.05) is 12.4 Å². The van der Waals surface area contributed by atoms with E-state index < -0.39 is 0 Å². The average molecular weight is 718 g/mol. The van der Waals surface area contributed by atoms with E-state index in [1.165, 1.54) is 0 Å². The maximum atomic E-state index is 7.39. The first-order valence-electron chi connectivity index (χ1n) is 17.1. The molecule has 5 nitrogen and oxygen atoms in total. The molecule has 0 spiro atoms. The largest absolute Gasteiger partial charge is 0.457 e. The maximum absolute atomic E-state index is 7.39. The molecule has 2 heterocycles. The van der Waals surface area contributed by atoms with Gasteiger partial charge in [0.15, 0.2) is 0 Å². The number of hydrogen-bond donors (Lipinski definition) is 0. The molecule has 0 bridgehead atoms. The summed E-state index contributed by atoms with van der Waals surface area (Å²) in [4.78, 5) is 8.81. The molecule has 2 unspecified atom stereocenters. The Morgan fingerprint density at radius 3 is 1.25 bits per heavy atom. The molecule has 0 amide bonds. The number of aromatic nitrogens is 2. The molecule has 0 aliphatic carbocycles. The Morgan fingerprint density at radius 2 is 0.882 bits per heavy atom. The standard InChI is InChI=1S/C44H42Cl2N2O3/c1-43(2,33-21-23-41(45)47-29-33)27-39(31-13-11-19-37(25-31)49-35-15-7-5-8-16-35)51-40(28-44(3,4)34-22-24-42(46)48-30-34)32-14-12-20-38(26-32)50-36-17-9-6-10-18-36/h5-26,29-30,39-40H,27-28H2,1-4H3. The van der Waals surface area contributed by atoms with E-state index in [0.29, 0.717) is 23.1 Å². The number of nitrogens with zero attached hydrogens (tertiary/aromatic N) is 2. The normalized spacial score (nSPS) is 13.0. The van der Waals surface area contributed by atoms with Crippen LogP contribution in [0.1, 0.15) is 75.0 Å². The van der Waals surface area contributed by atoms with Crippen LogP contribution in [-0.2, 0) is 15.6 Å². The van der Waals surface area contributed by atoms with Crippen molar-refractivity contribution in [1.82, 2.24) is 9.97 Å². The molecule has 2 atom stereocenters. The number of ether oxygens (including phenoxy) is 3. The SMILES string of the molecule is CC(C)(CC(OC(CC(C)(C)c1ccc(Cl)nc1)c1cccc(Oc2ccccc2)c1)c1cccc(Oc2ccccc2)c1)c1ccc(Cl)nc1. The fourth-order valence-electron chi connectivity index (χ4n) is 6.21. The molecule has 4 aromatic carbocycles. The van der Waals surface area contributed by atoms with Gasteiger partial charge < -0.3 is 14.2 Å². The number of pyridine rings is 2. The first kappa shape index (κ1) is 36.1. The Balaban J connectivity index is 1.40. The Labute approximate surface area is 311 Å². The first-order chi connectivity index (χ1) is 24.5. The molecule has 0 aliphatic rings. The lowest BCUT2D eigenvalue weighted by Crippen LogP contribution is -2.27. The average Bonchev–Trinajstić information content (AvgIpc) is 3.12. The molecule has 6 aromatic rings. The lowest BCUT2D eigenvalue weighted by molar-refractivity contribution is -0.0413. The molecular formula is C44H42Cl2N2O3. The summed E-state index contributed by atoms with van der Waals surface area (Å²) in [6.07, 6.45) is 4.35. The molecule has 0 aliphatic heterocycles. The van der Waals surface area contributed by atoms with Crippen molar-refractivity contribution >= 4 is 23.2 Å². The van der Waals surface area contributed by atoms with E-state index in [-0.39, 0.29) is 23.0 Å². The van der Waals surface area contributed by atoms with Crippen LogP contribution in [0.25, 0.3) is 0 Å². The fraction of sp³-hybridized carbons (Fsp3) is 0.227. The second-order valence-electron chi connectivity index (χ2n) is 14.0. The second-order valence-corrected chi connectivity index (χ2v) is 14.8. The van der Waals surface area contributed by atoms with Gasteiger partial charge in [-0.05, 0) is 107 Å². The Bertz CT molecular complexity index is 1850. The lowest BCUT2D eigenvalue weighted by atomic mass is 9.78. The van der Waals surface area contributed by atoms with Crippen LogP contribution in [0.3, 0.4) is 0 Å². The highest BCUT2D eigenvalue weighted by molar-refractivity contribution is 6.29. The van der Waals surface area contributed by atoms with Crippen LogP contribution in [-0.4, -0.2) is 9.97 Å². The highest BCUT2D eigenvalue weighted by atomic mass is 35.5. The summed E-state index contributed by atoms with van der Waals surface area (Å²) in [7, 11) is 0. The smallest absolute Gasteiger partial charge is 0.129 e. The van der Waals surface area contributed by atoms with E-state index in [0.717, 1.165) is 45.3 Å². The highest BCUT2D eigenvalue weighted by Gasteiger charge is 2.33. The third-order valence-corrected chi connectivity index (χ3v) is 9.60. The van der Waals surface area contributed by atoms with Crippen molar-refractivity contribution in [3.63, 3.8) is 0 Å². The van der Waals surface area contributed by atoms with Crippen LogP contribution in [0, 0.1) is 0 Å². The van der Waals surface area contributed by atoms with Crippen molar-refractivity contribution in [3.8, 4) is 23.0 Å². The molecule has 0 fully saturated rings. The van der Waals surface area contributed by atoms with E-state index >= 15 is 0 Å². The number of halogens is 2. The second kappa shape index (κ2) is 16.1. The van der Waals surface area contributed by atoms with Gasteiger partial charge in [0.1, 0.15) is 33.3 Å².